The van der Waals surface area contributed by atoms with Crippen LogP contribution in [-0.2, 0) is 11.3 Å². The molecule has 0 aliphatic rings. The Labute approximate surface area is 130 Å². The molecule has 1 aromatic heterocycles. The van der Waals surface area contributed by atoms with Gasteiger partial charge in [0.15, 0.2) is 0 Å². The van der Waals surface area contributed by atoms with E-state index in [0.717, 1.165) is 10.0 Å². The van der Waals surface area contributed by atoms with Crippen LogP contribution in [0, 0.1) is 0 Å². The number of aromatic nitrogens is 1. The monoisotopic (exact) mass is 348 g/mol. The molecule has 21 heavy (non-hydrogen) atoms. The molecule has 0 unspecified atom stereocenters. The van der Waals surface area contributed by atoms with Crippen LogP contribution in [0.5, 0.6) is 0 Å². The van der Waals surface area contributed by atoms with Crippen LogP contribution in [0.2, 0.25) is 0 Å². The molecule has 1 amide bonds. The summed E-state index contributed by atoms with van der Waals surface area (Å²) in [6.45, 7) is 0.368. The summed E-state index contributed by atoms with van der Waals surface area (Å²) in [6.07, 6.45) is 3.11. The van der Waals surface area contributed by atoms with Crippen molar-refractivity contribution < 1.29 is 14.3 Å². The predicted octanol–water partition coefficient (Wildman–Crippen LogP) is 2.56. The van der Waals surface area contributed by atoms with E-state index in [1.54, 1.807) is 36.5 Å². The molecule has 0 bridgehead atoms. The Morgan fingerprint density at radius 3 is 2.52 bits per heavy atom. The van der Waals surface area contributed by atoms with E-state index >= 15 is 0 Å². The lowest BCUT2D eigenvalue weighted by Gasteiger charge is -2.06. The Balaban J connectivity index is 1.97. The van der Waals surface area contributed by atoms with Gasteiger partial charge in [0.2, 0.25) is 0 Å². The lowest BCUT2D eigenvalue weighted by Crippen LogP contribution is -2.22. The van der Waals surface area contributed by atoms with Gasteiger partial charge in [-0.15, -0.1) is 0 Å². The zero-order chi connectivity index (χ0) is 15.2. The van der Waals surface area contributed by atoms with Crippen LogP contribution >= 0.6 is 15.9 Å². The third-order valence-electron chi connectivity index (χ3n) is 2.80. The average molecular weight is 349 g/mol. The smallest absolute Gasteiger partial charge is 0.337 e. The van der Waals surface area contributed by atoms with E-state index in [2.05, 4.69) is 31.0 Å². The summed E-state index contributed by atoms with van der Waals surface area (Å²) in [6, 6.07) is 8.56. The average Bonchev–Trinajstić information content (AvgIpc) is 2.52. The molecular weight excluding hydrogens is 336 g/mol. The molecule has 0 saturated carbocycles. The van der Waals surface area contributed by atoms with Crippen molar-refractivity contribution >= 4 is 27.8 Å². The molecule has 0 aliphatic heterocycles. The standard InChI is InChI=1S/C15H13BrN2O3/c1-21-15(20)11-4-2-10(3-5-11)7-18-14(19)12-6-13(16)9-17-8-12/h2-6,8-9H,7H2,1H3,(H,18,19). The highest BCUT2D eigenvalue weighted by atomic mass is 79.9. The Morgan fingerprint density at radius 1 is 1.19 bits per heavy atom. The van der Waals surface area contributed by atoms with Gasteiger partial charge in [0.1, 0.15) is 0 Å². The minimum absolute atomic E-state index is 0.208. The van der Waals surface area contributed by atoms with E-state index < -0.39 is 0 Å². The van der Waals surface area contributed by atoms with Gasteiger partial charge in [-0.2, -0.15) is 0 Å². The molecule has 0 atom stereocenters. The number of nitrogens with zero attached hydrogens (tertiary/aromatic N) is 1. The largest absolute Gasteiger partial charge is 0.465 e. The second-order valence-corrected chi connectivity index (χ2v) is 5.18. The molecule has 5 nitrogen and oxygen atoms in total. The zero-order valence-electron chi connectivity index (χ0n) is 11.3. The fourth-order valence-corrected chi connectivity index (χ4v) is 2.06. The fourth-order valence-electron chi connectivity index (χ4n) is 1.70. The second-order valence-electron chi connectivity index (χ2n) is 4.26. The van der Waals surface area contributed by atoms with Crippen LogP contribution in [0.1, 0.15) is 26.3 Å². The SMILES string of the molecule is COC(=O)c1ccc(CNC(=O)c2cncc(Br)c2)cc1. The fraction of sp³-hybridized carbons (Fsp3) is 0.133. The summed E-state index contributed by atoms with van der Waals surface area (Å²) >= 11 is 3.27. The van der Waals surface area contributed by atoms with Crippen molar-refractivity contribution in [3.05, 3.63) is 63.9 Å². The number of ether oxygens (including phenoxy) is 1. The van der Waals surface area contributed by atoms with Gasteiger partial charge in [0, 0.05) is 23.4 Å². The molecule has 0 spiro atoms. The summed E-state index contributed by atoms with van der Waals surface area (Å²) in [5.74, 6) is -0.591. The van der Waals surface area contributed by atoms with Crippen molar-refractivity contribution in [1.82, 2.24) is 10.3 Å². The van der Waals surface area contributed by atoms with Crippen LogP contribution < -0.4 is 5.32 Å². The number of hydrogen-bond donors (Lipinski definition) is 1. The van der Waals surface area contributed by atoms with Crippen LogP contribution in [0.15, 0.2) is 47.2 Å². The molecule has 0 aliphatic carbocycles. The third-order valence-corrected chi connectivity index (χ3v) is 3.23. The molecule has 6 heteroatoms. The number of halogens is 1. The van der Waals surface area contributed by atoms with Gasteiger partial charge in [0.25, 0.3) is 5.91 Å². The molecule has 1 aromatic carbocycles. The van der Waals surface area contributed by atoms with Gasteiger partial charge in [-0.3, -0.25) is 9.78 Å². The van der Waals surface area contributed by atoms with Crippen molar-refractivity contribution in [3.8, 4) is 0 Å². The quantitative estimate of drug-likeness (QED) is 0.862. The van der Waals surface area contributed by atoms with E-state index in [1.807, 2.05) is 0 Å². The van der Waals surface area contributed by atoms with E-state index in [4.69, 9.17) is 0 Å². The first-order valence-corrected chi connectivity index (χ1v) is 6.95. The molecule has 0 saturated heterocycles. The highest BCUT2D eigenvalue weighted by Crippen LogP contribution is 2.10. The van der Waals surface area contributed by atoms with E-state index in [1.165, 1.54) is 13.3 Å². The summed E-state index contributed by atoms with van der Waals surface area (Å²) in [4.78, 5) is 27.2. The Morgan fingerprint density at radius 2 is 1.90 bits per heavy atom. The number of esters is 1. The number of hydrogen-bond acceptors (Lipinski definition) is 4. The lowest BCUT2D eigenvalue weighted by molar-refractivity contribution is 0.0600. The third kappa shape index (κ3) is 4.13. The lowest BCUT2D eigenvalue weighted by atomic mass is 10.1. The van der Waals surface area contributed by atoms with Gasteiger partial charge >= 0.3 is 5.97 Å². The van der Waals surface area contributed by atoms with Crippen molar-refractivity contribution in [2.45, 2.75) is 6.54 Å². The van der Waals surface area contributed by atoms with Gasteiger partial charge in [-0.1, -0.05) is 12.1 Å². The normalized spacial score (nSPS) is 10.0. The van der Waals surface area contributed by atoms with Crippen LogP contribution in [0.3, 0.4) is 0 Å². The molecule has 1 N–H and O–H groups in total. The highest BCUT2D eigenvalue weighted by Gasteiger charge is 2.07. The Kier molecular flexibility index (Phi) is 5.05. The first-order valence-electron chi connectivity index (χ1n) is 6.16. The summed E-state index contributed by atoms with van der Waals surface area (Å²) in [5, 5.41) is 2.79. The molecule has 2 aromatic rings. The first-order chi connectivity index (χ1) is 10.1. The molecule has 2 rings (SSSR count). The number of rotatable bonds is 4. The first kappa shape index (κ1) is 15.2. The van der Waals surface area contributed by atoms with Crippen LogP contribution in [0.25, 0.3) is 0 Å². The molecule has 0 radical (unpaired) electrons. The molecular formula is C15H13BrN2O3. The number of carbonyl (C=O) groups excluding carboxylic acids is 2. The van der Waals surface area contributed by atoms with Crippen molar-refractivity contribution in [1.29, 1.82) is 0 Å². The second kappa shape index (κ2) is 6.99. The topological polar surface area (TPSA) is 68.3 Å². The zero-order valence-corrected chi connectivity index (χ0v) is 12.9. The Bertz CT molecular complexity index is 656. The maximum absolute atomic E-state index is 11.9. The molecule has 1 heterocycles. The number of pyridine rings is 1. The van der Waals surface area contributed by atoms with Crippen molar-refractivity contribution in [2.75, 3.05) is 7.11 Å². The van der Waals surface area contributed by atoms with Gasteiger partial charge < -0.3 is 10.1 Å². The number of benzene rings is 1. The predicted molar refractivity (Wildman–Crippen MR) is 80.9 cm³/mol. The summed E-state index contributed by atoms with van der Waals surface area (Å²) in [5.41, 5.74) is 1.85. The van der Waals surface area contributed by atoms with E-state index in [-0.39, 0.29) is 11.9 Å². The van der Waals surface area contributed by atoms with Crippen molar-refractivity contribution in [2.24, 2.45) is 0 Å². The minimum atomic E-state index is -0.384. The maximum Gasteiger partial charge on any atom is 0.337 e. The minimum Gasteiger partial charge on any atom is -0.465 e. The van der Waals surface area contributed by atoms with Gasteiger partial charge in [-0.05, 0) is 39.7 Å². The number of nitrogens with one attached hydrogen (secondary N) is 1. The van der Waals surface area contributed by atoms with Crippen LogP contribution in [0.4, 0.5) is 0 Å². The summed E-state index contributed by atoms with van der Waals surface area (Å²) in [7, 11) is 1.34. The number of carbonyl (C=O) groups is 2. The summed E-state index contributed by atoms with van der Waals surface area (Å²) < 4.78 is 5.37. The highest BCUT2D eigenvalue weighted by molar-refractivity contribution is 9.10. The molecule has 108 valence electrons. The maximum atomic E-state index is 11.9. The van der Waals surface area contributed by atoms with Gasteiger partial charge in [0.05, 0.1) is 18.2 Å². The van der Waals surface area contributed by atoms with E-state index in [0.29, 0.717) is 17.7 Å². The van der Waals surface area contributed by atoms with Gasteiger partial charge in [-0.25, -0.2) is 4.79 Å². The Hall–Kier alpha value is -2.21. The van der Waals surface area contributed by atoms with Crippen LogP contribution in [-0.4, -0.2) is 24.0 Å². The number of amides is 1. The van der Waals surface area contributed by atoms with E-state index in [9.17, 15) is 9.59 Å². The molecule has 0 fully saturated rings. The number of methoxy groups -OCH3 is 1. The van der Waals surface area contributed by atoms with Crippen molar-refractivity contribution in [3.63, 3.8) is 0 Å².